The number of anilines is 1. The summed E-state index contributed by atoms with van der Waals surface area (Å²) in [7, 11) is 0. The van der Waals surface area contributed by atoms with E-state index in [9.17, 15) is 9.18 Å². The van der Waals surface area contributed by atoms with Crippen molar-refractivity contribution < 1.29 is 13.6 Å². The molecule has 2 aromatic carbocycles. The number of oxazole rings is 1. The third-order valence-corrected chi connectivity index (χ3v) is 4.93. The van der Waals surface area contributed by atoms with Crippen molar-refractivity contribution in [3.63, 3.8) is 0 Å². The molecule has 130 valence electrons. The van der Waals surface area contributed by atoms with Crippen molar-refractivity contribution in [1.82, 2.24) is 9.97 Å². The lowest BCUT2D eigenvalue weighted by Crippen LogP contribution is -2.12. The van der Waals surface area contributed by atoms with Crippen LogP contribution in [0.15, 0.2) is 59.5 Å². The fourth-order valence-electron chi connectivity index (χ4n) is 2.55. The molecule has 0 saturated carbocycles. The number of aryl methyl sites for hydroxylation is 1. The lowest BCUT2D eigenvalue weighted by atomic mass is 10.2. The molecular weight excluding hydrogens is 353 g/mol. The maximum absolute atomic E-state index is 13.3. The number of rotatable bonds is 5. The summed E-state index contributed by atoms with van der Waals surface area (Å²) in [5.41, 5.74) is 2.28. The minimum absolute atomic E-state index is 0.0930. The van der Waals surface area contributed by atoms with Crippen LogP contribution in [0, 0.1) is 5.82 Å². The van der Waals surface area contributed by atoms with Gasteiger partial charge in [-0.25, -0.2) is 14.4 Å². The number of nitrogens with zero attached hydrogens (tertiary/aromatic N) is 2. The van der Waals surface area contributed by atoms with Gasteiger partial charge in [-0.05, 0) is 36.4 Å². The predicted molar refractivity (Wildman–Crippen MR) is 98.5 cm³/mol. The van der Waals surface area contributed by atoms with Crippen molar-refractivity contribution in [3.05, 3.63) is 66.6 Å². The van der Waals surface area contributed by atoms with Gasteiger partial charge in [0.1, 0.15) is 16.6 Å². The second kappa shape index (κ2) is 7.05. The Labute approximate surface area is 152 Å². The molecule has 0 saturated heterocycles. The third kappa shape index (κ3) is 3.62. The Morgan fingerprint density at radius 1 is 1.19 bits per heavy atom. The molecule has 0 bridgehead atoms. The van der Waals surface area contributed by atoms with E-state index in [4.69, 9.17) is 4.42 Å². The Morgan fingerprint density at radius 2 is 2.04 bits per heavy atom. The summed E-state index contributed by atoms with van der Waals surface area (Å²) in [5, 5.41) is 3.66. The Balaban J connectivity index is 1.43. The van der Waals surface area contributed by atoms with Gasteiger partial charge in [-0.1, -0.05) is 0 Å². The zero-order valence-electron chi connectivity index (χ0n) is 13.6. The van der Waals surface area contributed by atoms with Crippen molar-refractivity contribution in [1.29, 1.82) is 0 Å². The van der Waals surface area contributed by atoms with Gasteiger partial charge in [0, 0.05) is 30.2 Å². The number of nitrogens with one attached hydrogen (secondary N) is 1. The van der Waals surface area contributed by atoms with Crippen LogP contribution >= 0.6 is 11.3 Å². The van der Waals surface area contributed by atoms with Gasteiger partial charge in [-0.3, -0.25) is 4.79 Å². The van der Waals surface area contributed by atoms with Crippen molar-refractivity contribution in [2.24, 2.45) is 0 Å². The molecule has 4 rings (SSSR count). The minimum atomic E-state index is -0.294. The Morgan fingerprint density at radius 3 is 2.81 bits per heavy atom. The average Bonchev–Trinajstić information content (AvgIpc) is 3.29. The molecule has 5 nitrogen and oxygen atoms in total. The number of benzene rings is 2. The first-order chi connectivity index (χ1) is 12.7. The highest BCUT2D eigenvalue weighted by Crippen LogP contribution is 2.31. The molecule has 0 spiro atoms. The van der Waals surface area contributed by atoms with E-state index in [1.54, 1.807) is 12.3 Å². The molecule has 0 aliphatic rings. The van der Waals surface area contributed by atoms with Gasteiger partial charge in [-0.15, -0.1) is 11.3 Å². The SMILES string of the molecule is O=C(CCc1cnco1)Nc1ccc(-c2nc3cc(F)ccc3s2)cc1. The van der Waals surface area contributed by atoms with E-state index in [0.717, 1.165) is 15.3 Å². The van der Waals surface area contributed by atoms with Crippen LogP contribution in [0.25, 0.3) is 20.8 Å². The second-order valence-electron chi connectivity index (χ2n) is 5.72. The normalized spacial score (nSPS) is 11.0. The van der Waals surface area contributed by atoms with Crippen molar-refractivity contribution in [3.8, 4) is 10.6 Å². The molecule has 7 heteroatoms. The lowest BCUT2D eigenvalue weighted by Gasteiger charge is -2.05. The van der Waals surface area contributed by atoms with Crippen molar-refractivity contribution in [2.45, 2.75) is 12.8 Å². The van der Waals surface area contributed by atoms with Gasteiger partial charge in [0.25, 0.3) is 0 Å². The summed E-state index contributed by atoms with van der Waals surface area (Å²) < 4.78 is 19.3. The highest BCUT2D eigenvalue weighted by molar-refractivity contribution is 7.21. The highest BCUT2D eigenvalue weighted by Gasteiger charge is 2.09. The Kier molecular flexibility index (Phi) is 4.45. The number of carbonyl (C=O) groups is 1. The van der Waals surface area contributed by atoms with Gasteiger partial charge in [0.2, 0.25) is 5.91 Å². The van der Waals surface area contributed by atoms with Gasteiger partial charge < -0.3 is 9.73 Å². The van der Waals surface area contributed by atoms with E-state index in [-0.39, 0.29) is 11.7 Å². The first-order valence-corrected chi connectivity index (χ1v) is 8.83. The summed E-state index contributed by atoms with van der Waals surface area (Å²) in [6, 6.07) is 12.0. The Hall–Kier alpha value is -3.06. The molecule has 4 aromatic rings. The second-order valence-corrected chi connectivity index (χ2v) is 6.75. The molecule has 2 aromatic heterocycles. The van der Waals surface area contributed by atoms with Crippen molar-refractivity contribution in [2.75, 3.05) is 5.32 Å². The standard InChI is InChI=1S/C19H14FN3O2S/c20-13-3-7-17-16(9-13)23-19(26-17)12-1-4-14(5-2-12)22-18(24)8-6-15-10-21-11-25-15/h1-5,7,9-11H,6,8H2,(H,22,24). The molecule has 1 amide bonds. The fourth-order valence-corrected chi connectivity index (χ4v) is 3.50. The van der Waals surface area contributed by atoms with Gasteiger partial charge in [0.15, 0.2) is 6.39 Å². The summed E-state index contributed by atoms with van der Waals surface area (Å²) >= 11 is 1.50. The summed E-state index contributed by atoms with van der Waals surface area (Å²) in [4.78, 5) is 20.3. The number of aromatic nitrogens is 2. The summed E-state index contributed by atoms with van der Waals surface area (Å²) in [5.74, 6) is 0.296. The first-order valence-electron chi connectivity index (χ1n) is 8.01. The van der Waals surface area contributed by atoms with E-state index in [2.05, 4.69) is 15.3 Å². The zero-order chi connectivity index (χ0) is 17.9. The number of amides is 1. The predicted octanol–water partition coefficient (Wildman–Crippen LogP) is 4.66. The van der Waals surface area contributed by atoms with Gasteiger partial charge in [0.05, 0.1) is 16.4 Å². The number of thiazole rings is 1. The number of carbonyl (C=O) groups excluding carboxylic acids is 1. The smallest absolute Gasteiger partial charge is 0.224 e. The van der Waals surface area contributed by atoms with E-state index in [0.29, 0.717) is 29.8 Å². The van der Waals surface area contributed by atoms with Crippen LogP contribution in [0.2, 0.25) is 0 Å². The maximum Gasteiger partial charge on any atom is 0.224 e. The number of hydrogen-bond donors (Lipinski definition) is 1. The largest absolute Gasteiger partial charge is 0.449 e. The molecule has 0 atom stereocenters. The first kappa shape index (κ1) is 16.4. The topological polar surface area (TPSA) is 68.0 Å². The minimum Gasteiger partial charge on any atom is -0.449 e. The van der Waals surface area contributed by atoms with Crippen LogP contribution in [0.1, 0.15) is 12.2 Å². The van der Waals surface area contributed by atoms with Crippen LogP contribution in [-0.2, 0) is 11.2 Å². The number of halogens is 1. The Bertz CT molecular complexity index is 1040. The summed E-state index contributed by atoms with van der Waals surface area (Å²) in [6.45, 7) is 0. The van der Waals surface area contributed by atoms with Crippen LogP contribution in [0.5, 0.6) is 0 Å². The van der Waals surface area contributed by atoms with Crippen LogP contribution in [-0.4, -0.2) is 15.9 Å². The number of fused-ring (bicyclic) bond motifs is 1. The van der Waals surface area contributed by atoms with Crippen LogP contribution in [0.3, 0.4) is 0 Å². The maximum atomic E-state index is 13.3. The zero-order valence-corrected chi connectivity index (χ0v) is 14.4. The van der Waals surface area contributed by atoms with E-state index in [1.807, 2.05) is 24.3 Å². The molecule has 0 aliphatic carbocycles. The highest BCUT2D eigenvalue weighted by atomic mass is 32.1. The number of hydrogen-bond acceptors (Lipinski definition) is 5. The summed E-state index contributed by atoms with van der Waals surface area (Å²) in [6.07, 6.45) is 3.78. The third-order valence-electron chi connectivity index (χ3n) is 3.85. The molecule has 1 N–H and O–H groups in total. The average molecular weight is 367 g/mol. The van der Waals surface area contributed by atoms with Gasteiger partial charge >= 0.3 is 0 Å². The van der Waals surface area contributed by atoms with E-state index >= 15 is 0 Å². The lowest BCUT2D eigenvalue weighted by molar-refractivity contribution is -0.116. The molecule has 26 heavy (non-hydrogen) atoms. The molecule has 2 heterocycles. The molecule has 0 radical (unpaired) electrons. The van der Waals surface area contributed by atoms with E-state index < -0.39 is 0 Å². The fraction of sp³-hybridized carbons (Fsp3) is 0.105. The van der Waals surface area contributed by atoms with Crippen molar-refractivity contribution >= 4 is 33.1 Å². The molecular formula is C19H14FN3O2S. The monoisotopic (exact) mass is 367 g/mol. The van der Waals surface area contributed by atoms with Crippen LogP contribution < -0.4 is 5.32 Å². The molecule has 0 aliphatic heterocycles. The van der Waals surface area contributed by atoms with Crippen LogP contribution in [0.4, 0.5) is 10.1 Å². The molecule has 0 unspecified atom stereocenters. The van der Waals surface area contributed by atoms with E-state index in [1.165, 1.54) is 29.9 Å². The quantitative estimate of drug-likeness (QED) is 0.557. The van der Waals surface area contributed by atoms with Gasteiger partial charge in [-0.2, -0.15) is 0 Å². The molecule has 0 fully saturated rings.